The average Bonchev–Trinajstić information content (AvgIpc) is 3.01. The van der Waals surface area contributed by atoms with Gasteiger partial charge in [-0.05, 0) is 12.1 Å². The highest BCUT2D eigenvalue weighted by molar-refractivity contribution is 5.81. The Morgan fingerprint density at radius 2 is 2.05 bits per heavy atom. The zero-order valence-electron chi connectivity index (χ0n) is 11.7. The number of oxazole rings is 1. The van der Waals surface area contributed by atoms with Gasteiger partial charge in [0, 0.05) is 31.8 Å². The van der Waals surface area contributed by atoms with Gasteiger partial charge in [0.2, 0.25) is 0 Å². The molecule has 4 aromatic rings. The SMILES string of the molecule is Cc1nc2ccc(Nc3cc4c(cn3)ncn4C)cc2o1. The Hall–Kier alpha value is -2.89. The first kappa shape index (κ1) is 11.9. The van der Waals surface area contributed by atoms with Crippen LogP contribution in [-0.4, -0.2) is 19.5 Å². The van der Waals surface area contributed by atoms with Crippen molar-refractivity contribution in [1.82, 2.24) is 19.5 Å². The van der Waals surface area contributed by atoms with E-state index in [4.69, 9.17) is 4.42 Å². The first-order valence-electron chi connectivity index (χ1n) is 6.60. The lowest BCUT2D eigenvalue weighted by Gasteiger charge is -2.05. The fourth-order valence-electron chi connectivity index (χ4n) is 2.36. The minimum atomic E-state index is 0.663. The summed E-state index contributed by atoms with van der Waals surface area (Å²) < 4.78 is 7.50. The predicted molar refractivity (Wildman–Crippen MR) is 80.5 cm³/mol. The Kier molecular flexibility index (Phi) is 2.44. The van der Waals surface area contributed by atoms with Gasteiger partial charge < -0.3 is 14.3 Å². The second-order valence-corrected chi connectivity index (χ2v) is 4.95. The zero-order valence-corrected chi connectivity index (χ0v) is 11.7. The van der Waals surface area contributed by atoms with E-state index in [1.165, 1.54) is 0 Å². The molecule has 0 saturated carbocycles. The van der Waals surface area contributed by atoms with E-state index in [0.29, 0.717) is 5.89 Å². The van der Waals surface area contributed by atoms with E-state index in [-0.39, 0.29) is 0 Å². The summed E-state index contributed by atoms with van der Waals surface area (Å²) in [4.78, 5) is 12.9. The number of anilines is 2. The van der Waals surface area contributed by atoms with Gasteiger partial charge in [-0.2, -0.15) is 0 Å². The standard InChI is InChI=1S/C15H13N5O/c1-9-18-11-4-3-10(5-14(11)21-9)19-15-6-13-12(7-16-15)17-8-20(13)2/h3-8H,1-2H3,(H,16,19). The van der Waals surface area contributed by atoms with E-state index >= 15 is 0 Å². The quantitative estimate of drug-likeness (QED) is 0.610. The molecule has 1 N–H and O–H groups in total. The zero-order chi connectivity index (χ0) is 14.4. The summed E-state index contributed by atoms with van der Waals surface area (Å²) >= 11 is 0. The van der Waals surface area contributed by atoms with E-state index < -0.39 is 0 Å². The molecule has 0 saturated heterocycles. The summed E-state index contributed by atoms with van der Waals surface area (Å²) in [5.41, 5.74) is 4.44. The van der Waals surface area contributed by atoms with Crippen molar-refractivity contribution >= 4 is 33.6 Å². The number of pyridine rings is 1. The van der Waals surface area contributed by atoms with Crippen LogP contribution in [0.1, 0.15) is 5.89 Å². The molecule has 0 fully saturated rings. The van der Waals surface area contributed by atoms with Gasteiger partial charge >= 0.3 is 0 Å². The van der Waals surface area contributed by atoms with Crippen molar-refractivity contribution in [2.75, 3.05) is 5.32 Å². The highest BCUT2D eigenvalue weighted by Gasteiger charge is 2.06. The van der Waals surface area contributed by atoms with E-state index in [1.54, 1.807) is 12.5 Å². The molecule has 6 heteroatoms. The van der Waals surface area contributed by atoms with Crippen LogP contribution in [0.3, 0.4) is 0 Å². The van der Waals surface area contributed by atoms with Crippen molar-refractivity contribution in [2.45, 2.75) is 6.92 Å². The Morgan fingerprint density at radius 1 is 1.14 bits per heavy atom. The smallest absolute Gasteiger partial charge is 0.192 e. The Labute approximate surface area is 120 Å². The van der Waals surface area contributed by atoms with E-state index in [9.17, 15) is 0 Å². The number of nitrogens with one attached hydrogen (secondary N) is 1. The van der Waals surface area contributed by atoms with Gasteiger partial charge in [0.15, 0.2) is 11.5 Å². The fraction of sp³-hybridized carbons (Fsp3) is 0.133. The van der Waals surface area contributed by atoms with Crippen LogP contribution in [-0.2, 0) is 7.05 Å². The molecule has 0 unspecified atom stereocenters. The minimum absolute atomic E-state index is 0.663. The van der Waals surface area contributed by atoms with Crippen LogP contribution >= 0.6 is 0 Å². The Morgan fingerprint density at radius 3 is 2.95 bits per heavy atom. The van der Waals surface area contributed by atoms with Crippen LogP contribution in [0.2, 0.25) is 0 Å². The molecule has 104 valence electrons. The topological polar surface area (TPSA) is 68.8 Å². The third-order valence-electron chi connectivity index (χ3n) is 3.38. The molecule has 4 rings (SSSR count). The number of aromatic nitrogens is 4. The molecule has 0 aliphatic heterocycles. The molecular weight excluding hydrogens is 266 g/mol. The summed E-state index contributed by atoms with van der Waals surface area (Å²) in [7, 11) is 1.96. The molecule has 3 aromatic heterocycles. The average molecular weight is 279 g/mol. The maximum absolute atomic E-state index is 5.54. The fourth-order valence-corrected chi connectivity index (χ4v) is 2.36. The lowest BCUT2D eigenvalue weighted by atomic mass is 10.3. The molecule has 0 radical (unpaired) electrons. The summed E-state index contributed by atoms with van der Waals surface area (Å²) in [6.45, 7) is 1.84. The molecule has 0 amide bonds. The molecule has 0 spiro atoms. The third kappa shape index (κ3) is 2.01. The maximum Gasteiger partial charge on any atom is 0.192 e. The van der Waals surface area contributed by atoms with Crippen molar-refractivity contribution in [3.63, 3.8) is 0 Å². The summed E-state index contributed by atoms with van der Waals surface area (Å²) in [5.74, 6) is 1.43. The molecule has 21 heavy (non-hydrogen) atoms. The number of nitrogens with zero attached hydrogens (tertiary/aromatic N) is 4. The number of hydrogen-bond acceptors (Lipinski definition) is 5. The number of fused-ring (bicyclic) bond motifs is 2. The Balaban J connectivity index is 1.72. The summed E-state index contributed by atoms with van der Waals surface area (Å²) in [5, 5.41) is 3.27. The second-order valence-electron chi connectivity index (χ2n) is 4.95. The maximum atomic E-state index is 5.54. The van der Waals surface area contributed by atoms with Crippen molar-refractivity contribution in [3.8, 4) is 0 Å². The predicted octanol–water partition coefficient (Wildman–Crippen LogP) is 3.16. The van der Waals surface area contributed by atoms with Crippen molar-refractivity contribution in [1.29, 1.82) is 0 Å². The van der Waals surface area contributed by atoms with Crippen molar-refractivity contribution in [2.24, 2.45) is 7.05 Å². The van der Waals surface area contributed by atoms with Crippen molar-refractivity contribution < 1.29 is 4.42 Å². The molecule has 3 heterocycles. The van der Waals surface area contributed by atoms with Crippen molar-refractivity contribution in [3.05, 3.63) is 42.7 Å². The number of benzene rings is 1. The normalized spacial score (nSPS) is 11.3. The second kappa shape index (κ2) is 4.31. The van der Waals surface area contributed by atoms with Gasteiger partial charge in [0.25, 0.3) is 0 Å². The van der Waals surface area contributed by atoms with Crippen LogP contribution < -0.4 is 5.32 Å². The van der Waals surface area contributed by atoms with Gasteiger partial charge in [0.1, 0.15) is 16.9 Å². The van der Waals surface area contributed by atoms with E-state index in [0.717, 1.165) is 33.6 Å². The molecule has 0 bridgehead atoms. The summed E-state index contributed by atoms with van der Waals surface area (Å²) in [6.07, 6.45) is 3.54. The molecule has 6 nitrogen and oxygen atoms in total. The molecule has 0 aliphatic rings. The number of hydrogen-bond donors (Lipinski definition) is 1. The number of rotatable bonds is 2. The first-order valence-corrected chi connectivity index (χ1v) is 6.60. The van der Waals surface area contributed by atoms with Crippen LogP contribution in [0.4, 0.5) is 11.5 Å². The molecular formula is C15H13N5O. The summed E-state index contributed by atoms with van der Waals surface area (Å²) in [6, 6.07) is 7.78. The largest absolute Gasteiger partial charge is 0.441 e. The van der Waals surface area contributed by atoms with Crippen LogP contribution in [0.25, 0.3) is 22.1 Å². The third-order valence-corrected chi connectivity index (χ3v) is 3.38. The lowest BCUT2D eigenvalue weighted by Crippen LogP contribution is -1.94. The van der Waals surface area contributed by atoms with Gasteiger partial charge in [-0.15, -0.1) is 0 Å². The molecule has 0 atom stereocenters. The minimum Gasteiger partial charge on any atom is -0.441 e. The first-order chi connectivity index (χ1) is 10.2. The van der Waals surface area contributed by atoms with Gasteiger partial charge in [0.05, 0.1) is 18.0 Å². The van der Waals surface area contributed by atoms with Gasteiger partial charge in [-0.25, -0.2) is 15.0 Å². The highest BCUT2D eigenvalue weighted by atomic mass is 16.3. The van der Waals surface area contributed by atoms with Crippen LogP contribution in [0, 0.1) is 6.92 Å². The number of aryl methyl sites for hydroxylation is 2. The lowest BCUT2D eigenvalue weighted by molar-refractivity contribution is 0.561. The molecule has 1 aromatic carbocycles. The monoisotopic (exact) mass is 279 g/mol. The molecule has 0 aliphatic carbocycles. The van der Waals surface area contributed by atoms with E-state index in [1.807, 2.05) is 42.8 Å². The van der Waals surface area contributed by atoms with Crippen LogP contribution in [0.15, 0.2) is 41.2 Å². The van der Waals surface area contributed by atoms with Gasteiger partial charge in [-0.3, -0.25) is 0 Å². The highest BCUT2D eigenvalue weighted by Crippen LogP contribution is 2.23. The number of imidazole rings is 1. The van der Waals surface area contributed by atoms with Crippen LogP contribution in [0.5, 0.6) is 0 Å². The Bertz CT molecular complexity index is 953. The van der Waals surface area contributed by atoms with Gasteiger partial charge in [-0.1, -0.05) is 0 Å². The van der Waals surface area contributed by atoms with E-state index in [2.05, 4.69) is 20.3 Å².